The number of fused-ring (bicyclic) bond motifs is 3. The van der Waals surface area contributed by atoms with E-state index in [2.05, 4.69) is 6.92 Å². The summed E-state index contributed by atoms with van der Waals surface area (Å²) in [7, 11) is 0. The van der Waals surface area contributed by atoms with Gasteiger partial charge in [0.1, 0.15) is 0 Å². The molecule has 4 rings (SSSR count). The zero-order valence-electron chi connectivity index (χ0n) is 17.4. The first-order chi connectivity index (χ1) is 13.3. The molecule has 2 aromatic carbocycles. The summed E-state index contributed by atoms with van der Waals surface area (Å²) >= 11 is -5.80. The fourth-order valence-corrected chi connectivity index (χ4v) is 13.5. The first-order valence-electron chi connectivity index (χ1n) is 10.2. The van der Waals surface area contributed by atoms with Crippen LogP contribution in [-0.2, 0) is 21.5 Å². The van der Waals surface area contributed by atoms with Crippen molar-refractivity contribution in [2.45, 2.75) is 54.2 Å². The molecule has 2 aliphatic carbocycles. The van der Waals surface area contributed by atoms with Crippen LogP contribution >= 0.6 is 0 Å². The minimum absolute atomic E-state index is 0.716. The fourth-order valence-electron chi connectivity index (χ4n) is 5.46. The van der Waals surface area contributed by atoms with Crippen LogP contribution < -0.4 is 0 Å². The molecule has 0 fully saturated rings. The molecule has 0 spiro atoms. The SMILES string of the molecule is CCCC1=C(C)C(C)=C(C)[C]1(C)[Zr]([F])([F])[CH]1c2ccccc2-c2ccccc21. The van der Waals surface area contributed by atoms with E-state index in [-0.39, 0.29) is 0 Å². The molecule has 0 amide bonds. The van der Waals surface area contributed by atoms with Gasteiger partial charge in [-0.2, -0.15) is 0 Å². The predicted molar refractivity (Wildman–Crippen MR) is 110 cm³/mol. The molecule has 0 radical (unpaired) electrons. The van der Waals surface area contributed by atoms with E-state index >= 15 is 5.25 Å². The first-order valence-corrected chi connectivity index (χ1v) is 14.7. The molecule has 1 unspecified atom stereocenters. The minimum atomic E-state index is -5.80. The summed E-state index contributed by atoms with van der Waals surface area (Å²) in [6.45, 7) is 10.0. The number of benzene rings is 2. The van der Waals surface area contributed by atoms with Crippen molar-refractivity contribution in [3.8, 4) is 11.1 Å². The zero-order chi connectivity index (χ0) is 20.3. The standard InChI is InChI=1S/C13H9.C12H19.2FH.Zr/c1-3-7-12-10(5-1)9-11-6-2-4-8-13(11)12;1-6-7-12-10(4)8(2)9(3)11(12)5;;;/h1-9H;6-7H2,1-5H3;2*1H;/q;;;;+2/p-2. The van der Waals surface area contributed by atoms with Crippen molar-refractivity contribution in [2.24, 2.45) is 0 Å². The molecule has 0 heterocycles. The number of halogens is 2. The summed E-state index contributed by atoms with van der Waals surface area (Å²) in [6.07, 6.45) is 1.67. The van der Waals surface area contributed by atoms with Crippen LogP contribution in [0.25, 0.3) is 11.1 Å². The molecule has 0 nitrogen and oxygen atoms in total. The van der Waals surface area contributed by atoms with Gasteiger partial charge in [-0.1, -0.05) is 0 Å². The molecule has 0 saturated heterocycles. The van der Waals surface area contributed by atoms with Gasteiger partial charge in [-0.05, 0) is 0 Å². The van der Waals surface area contributed by atoms with Crippen molar-refractivity contribution in [3.05, 3.63) is 82.0 Å². The van der Waals surface area contributed by atoms with Crippen molar-refractivity contribution in [1.82, 2.24) is 0 Å². The maximum atomic E-state index is 16.9. The predicted octanol–water partition coefficient (Wildman–Crippen LogP) is 8.32. The van der Waals surface area contributed by atoms with E-state index in [0.717, 1.165) is 57.4 Å². The van der Waals surface area contributed by atoms with Crippen LogP contribution in [0.2, 0.25) is 3.12 Å². The number of allylic oxidation sites excluding steroid dienone is 4. The Hall–Kier alpha value is -1.34. The van der Waals surface area contributed by atoms with Crippen LogP contribution in [0.1, 0.15) is 62.2 Å². The fraction of sp³-hybridized carbons (Fsp3) is 0.360. The molecule has 1 atom stereocenters. The molecule has 0 N–H and O–H groups in total. The van der Waals surface area contributed by atoms with Crippen LogP contribution in [-0.4, -0.2) is 0 Å². The Morgan fingerprint density at radius 1 is 0.857 bits per heavy atom. The monoisotopic (exact) mass is 456 g/mol. The summed E-state index contributed by atoms with van der Waals surface area (Å²) in [4.78, 5) is 0. The van der Waals surface area contributed by atoms with Crippen molar-refractivity contribution in [3.63, 3.8) is 0 Å². The number of hydrogen-bond acceptors (Lipinski definition) is 0. The molecule has 0 bridgehead atoms. The molecule has 0 aromatic heterocycles. The van der Waals surface area contributed by atoms with Gasteiger partial charge in [0.05, 0.1) is 0 Å². The van der Waals surface area contributed by atoms with E-state index in [1.54, 1.807) is 0 Å². The Balaban J connectivity index is 1.96. The molecule has 2 aliphatic rings. The van der Waals surface area contributed by atoms with Crippen molar-refractivity contribution in [2.75, 3.05) is 0 Å². The van der Waals surface area contributed by atoms with Gasteiger partial charge in [-0.15, -0.1) is 0 Å². The Morgan fingerprint density at radius 2 is 1.36 bits per heavy atom. The Kier molecular flexibility index (Phi) is 4.90. The second-order valence-corrected chi connectivity index (χ2v) is 15.4. The molecule has 0 saturated carbocycles. The Labute approximate surface area is 173 Å². The van der Waals surface area contributed by atoms with Gasteiger partial charge in [0, 0.05) is 0 Å². The summed E-state index contributed by atoms with van der Waals surface area (Å²) < 4.78 is 32.0. The first kappa shape index (κ1) is 20.0. The van der Waals surface area contributed by atoms with Gasteiger partial charge in [0.2, 0.25) is 0 Å². The normalized spacial score (nSPS) is 22.1. The Morgan fingerprint density at radius 3 is 1.86 bits per heavy atom. The van der Waals surface area contributed by atoms with Crippen LogP contribution in [0, 0.1) is 0 Å². The molecule has 28 heavy (non-hydrogen) atoms. The van der Waals surface area contributed by atoms with Gasteiger partial charge in [-0.25, -0.2) is 0 Å². The van der Waals surface area contributed by atoms with Gasteiger partial charge in [-0.3, -0.25) is 0 Å². The third-order valence-electron chi connectivity index (χ3n) is 7.29. The topological polar surface area (TPSA) is 0 Å². The van der Waals surface area contributed by atoms with Gasteiger partial charge >= 0.3 is 174 Å². The van der Waals surface area contributed by atoms with E-state index in [4.69, 9.17) is 0 Å². The average Bonchev–Trinajstić information content (AvgIpc) is 3.11. The van der Waals surface area contributed by atoms with Crippen LogP contribution in [0.5, 0.6) is 0 Å². The number of rotatable bonds is 4. The molecule has 2 aromatic rings. The Bertz CT molecular complexity index is 969. The summed E-state index contributed by atoms with van der Waals surface area (Å²) in [6, 6.07) is 15.6. The third kappa shape index (κ3) is 2.48. The van der Waals surface area contributed by atoms with E-state index in [1.165, 1.54) is 0 Å². The molecule has 0 aliphatic heterocycles. The molecule has 146 valence electrons. The van der Waals surface area contributed by atoms with Gasteiger partial charge in [0.15, 0.2) is 0 Å². The van der Waals surface area contributed by atoms with E-state index < -0.39 is 28.2 Å². The average molecular weight is 458 g/mol. The number of hydrogen-bond donors (Lipinski definition) is 0. The van der Waals surface area contributed by atoms with Gasteiger partial charge in [0.25, 0.3) is 0 Å². The molecule has 3 heteroatoms. The maximum absolute atomic E-state index is 16.9. The van der Waals surface area contributed by atoms with Crippen molar-refractivity contribution in [1.29, 1.82) is 0 Å². The quantitative estimate of drug-likeness (QED) is 0.433. The molecular formula is C25H28F2Zr. The van der Waals surface area contributed by atoms with E-state index in [1.807, 2.05) is 76.2 Å². The summed E-state index contributed by atoms with van der Waals surface area (Å²) in [5.41, 5.74) is 7.80. The van der Waals surface area contributed by atoms with Crippen LogP contribution in [0.4, 0.5) is 5.25 Å². The van der Waals surface area contributed by atoms with Crippen molar-refractivity contribution >= 4 is 0 Å². The van der Waals surface area contributed by atoms with Crippen LogP contribution in [0.3, 0.4) is 0 Å². The summed E-state index contributed by atoms with van der Waals surface area (Å²) in [5.74, 6) is 0. The van der Waals surface area contributed by atoms with E-state index in [9.17, 15) is 0 Å². The van der Waals surface area contributed by atoms with Crippen molar-refractivity contribution < 1.29 is 26.7 Å². The third-order valence-corrected chi connectivity index (χ3v) is 15.5. The van der Waals surface area contributed by atoms with Gasteiger partial charge < -0.3 is 0 Å². The van der Waals surface area contributed by atoms with E-state index in [0.29, 0.717) is 0 Å². The molecular weight excluding hydrogens is 429 g/mol. The zero-order valence-corrected chi connectivity index (χ0v) is 19.8. The second-order valence-electron chi connectivity index (χ2n) is 8.46. The second kappa shape index (κ2) is 6.87. The van der Waals surface area contributed by atoms with Crippen LogP contribution in [0.15, 0.2) is 70.8 Å². The summed E-state index contributed by atoms with van der Waals surface area (Å²) in [5, 5.41) is 0.